The van der Waals surface area contributed by atoms with E-state index in [2.05, 4.69) is 27.3 Å². The van der Waals surface area contributed by atoms with E-state index < -0.39 is 10.0 Å². The first-order valence-corrected chi connectivity index (χ1v) is 21.3. The highest BCUT2D eigenvalue weighted by Gasteiger charge is 2.30. The van der Waals surface area contributed by atoms with Gasteiger partial charge in [-0.05, 0) is 96.3 Å². The molecule has 0 saturated carbocycles. The summed E-state index contributed by atoms with van der Waals surface area (Å²) in [4.78, 5) is 24.6. The summed E-state index contributed by atoms with van der Waals surface area (Å²) in [6.07, 6.45) is 3.47. The molecule has 11 heteroatoms. The van der Waals surface area contributed by atoms with Gasteiger partial charge in [0.05, 0.1) is 45.8 Å². The number of anilines is 3. The molecule has 1 aliphatic heterocycles. The molecule has 2 heterocycles. The number of benzene rings is 5. The molecule has 0 bridgehead atoms. The van der Waals surface area contributed by atoms with Gasteiger partial charge >= 0.3 is 0 Å². The molecular formula is C47H47N5O5S. The van der Waals surface area contributed by atoms with E-state index in [0.29, 0.717) is 68.9 Å². The van der Waals surface area contributed by atoms with E-state index >= 15 is 0 Å². The van der Waals surface area contributed by atoms with Crippen LogP contribution in [0.1, 0.15) is 47.4 Å². The van der Waals surface area contributed by atoms with Crippen molar-refractivity contribution in [3.05, 3.63) is 144 Å². The highest BCUT2D eigenvalue weighted by Crippen LogP contribution is 2.40. The predicted molar refractivity (Wildman–Crippen MR) is 233 cm³/mol. The van der Waals surface area contributed by atoms with Crippen molar-refractivity contribution >= 4 is 55.5 Å². The van der Waals surface area contributed by atoms with Crippen molar-refractivity contribution in [2.45, 2.75) is 31.6 Å². The maximum atomic E-state index is 14.8. The van der Waals surface area contributed by atoms with Crippen LogP contribution in [-0.2, 0) is 16.4 Å². The third-order valence-electron chi connectivity index (χ3n) is 11.0. The Bertz CT molecular complexity index is 2600. The molecule has 1 aliphatic carbocycles. The van der Waals surface area contributed by atoms with Gasteiger partial charge in [-0.1, -0.05) is 74.5 Å². The SMILES string of the molecule is CCN(CC)S(=O)(=O)c1ccc(N2CCN(c3ccccc3OC)CC2)c(NC(=O)c2c3c(nc4ccccc24)/C(=C/c2cccc(Oc4ccccc4)c2)CC3)c1. The molecule has 0 spiro atoms. The number of piperazine rings is 1. The van der Waals surface area contributed by atoms with Crippen LogP contribution in [0.4, 0.5) is 17.1 Å². The normalized spacial score (nSPS) is 14.9. The van der Waals surface area contributed by atoms with Crippen molar-refractivity contribution in [3.63, 3.8) is 0 Å². The summed E-state index contributed by atoms with van der Waals surface area (Å²) in [5.74, 6) is 2.00. The summed E-state index contributed by atoms with van der Waals surface area (Å²) < 4.78 is 40.9. The lowest BCUT2D eigenvalue weighted by atomic mass is 9.99. The van der Waals surface area contributed by atoms with Gasteiger partial charge in [0.15, 0.2) is 0 Å². The summed E-state index contributed by atoms with van der Waals surface area (Å²) in [6, 6.07) is 38.4. The van der Waals surface area contributed by atoms with E-state index in [1.165, 1.54) is 4.31 Å². The van der Waals surface area contributed by atoms with Gasteiger partial charge in [0.25, 0.3) is 5.91 Å². The van der Waals surface area contributed by atoms with Gasteiger partial charge in [-0.15, -0.1) is 0 Å². The molecule has 8 rings (SSSR count). The number of amides is 1. The van der Waals surface area contributed by atoms with Crippen molar-refractivity contribution in [2.24, 2.45) is 0 Å². The average molecular weight is 794 g/mol. The quantitative estimate of drug-likeness (QED) is 0.131. The van der Waals surface area contributed by atoms with Crippen LogP contribution in [0.25, 0.3) is 22.6 Å². The summed E-state index contributed by atoms with van der Waals surface area (Å²) in [5, 5.41) is 3.98. The number of carbonyl (C=O) groups is 1. The molecule has 1 N–H and O–H groups in total. The van der Waals surface area contributed by atoms with Crippen LogP contribution in [0.15, 0.2) is 126 Å². The zero-order valence-electron chi connectivity index (χ0n) is 33.0. The van der Waals surface area contributed by atoms with Crippen LogP contribution in [-0.4, -0.2) is 70.0 Å². The Morgan fingerprint density at radius 3 is 2.22 bits per heavy atom. The Hall–Kier alpha value is -6.17. The van der Waals surface area contributed by atoms with Crippen LogP contribution in [0.5, 0.6) is 17.2 Å². The zero-order valence-corrected chi connectivity index (χ0v) is 33.8. The summed E-state index contributed by atoms with van der Waals surface area (Å²) in [5.41, 5.74) is 7.18. The number of hydrogen-bond acceptors (Lipinski definition) is 8. The Balaban J connectivity index is 1.14. The lowest BCUT2D eigenvalue weighted by molar-refractivity contribution is 0.102. The Morgan fingerprint density at radius 1 is 0.776 bits per heavy atom. The minimum Gasteiger partial charge on any atom is -0.495 e. The summed E-state index contributed by atoms with van der Waals surface area (Å²) in [6.45, 7) is 7.06. The Morgan fingerprint density at radius 2 is 1.47 bits per heavy atom. The number of methoxy groups -OCH3 is 1. The fraction of sp³-hybridized carbons (Fsp3) is 0.234. The molecular weight excluding hydrogens is 747 g/mol. The molecule has 1 saturated heterocycles. The summed E-state index contributed by atoms with van der Waals surface area (Å²) in [7, 11) is -2.13. The van der Waals surface area contributed by atoms with Crippen LogP contribution < -0.4 is 24.6 Å². The van der Waals surface area contributed by atoms with Gasteiger partial charge in [-0.25, -0.2) is 13.4 Å². The molecule has 1 aromatic heterocycles. The van der Waals surface area contributed by atoms with Crippen LogP contribution in [0.3, 0.4) is 0 Å². The van der Waals surface area contributed by atoms with Crippen molar-refractivity contribution in [1.29, 1.82) is 0 Å². The van der Waals surface area contributed by atoms with Gasteiger partial charge in [-0.3, -0.25) is 4.79 Å². The first-order valence-electron chi connectivity index (χ1n) is 19.8. The van der Waals surface area contributed by atoms with Gasteiger partial charge in [0.2, 0.25) is 10.0 Å². The number of sulfonamides is 1. The fourth-order valence-corrected chi connectivity index (χ4v) is 9.54. The lowest BCUT2D eigenvalue weighted by Gasteiger charge is -2.38. The van der Waals surface area contributed by atoms with Crippen molar-refractivity contribution in [2.75, 3.05) is 61.5 Å². The first kappa shape index (κ1) is 38.7. The Labute approximate surface area is 340 Å². The van der Waals surface area contributed by atoms with Gasteiger partial charge < -0.3 is 24.6 Å². The number of nitrogens with zero attached hydrogens (tertiary/aromatic N) is 4. The maximum Gasteiger partial charge on any atom is 0.256 e. The third-order valence-corrected chi connectivity index (χ3v) is 13.0. The number of allylic oxidation sites excluding steroid dienone is 1. The molecule has 1 fully saturated rings. The number of hydrogen-bond donors (Lipinski definition) is 1. The highest BCUT2D eigenvalue weighted by molar-refractivity contribution is 7.89. The number of ether oxygens (including phenoxy) is 2. The number of fused-ring (bicyclic) bond motifs is 2. The van der Waals surface area contributed by atoms with Gasteiger partial charge in [-0.2, -0.15) is 4.31 Å². The van der Waals surface area contributed by atoms with Crippen LogP contribution >= 0.6 is 0 Å². The number of para-hydroxylation sites is 4. The monoisotopic (exact) mass is 793 g/mol. The number of rotatable bonds is 12. The van der Waals surface area contributed by atoms with Gasteiger partial charge in [0.1, 0.15) is 17.2 Å². The number of aromatic nitrogens is 1. The molecule has 0 atom stereocenters. The van der Waals surface area contributed by atoms with Crippen LogP contribution in [0, 0.1) is 0 Å². The van der Waals surface area contributed by atoms with E-state index in [-0.39, 0.29) is 10.8 Å². The molecule has 296 valence electrons. The van der Waals surface area contributed by atoms with E-state index in [9.17, 15) is 13.2 Å². The van der Waals surface area contributed by atoms with Gasteiger partial charge in [0, 0.05) is 44.7 Å². The molecule has 5 aromatic carbocycles. The van der Waals surface area contributed by atoms with E-state index in [4.69, 9.17) is 14.5 Å². The maximum absolute atomic E-state index is 14.8. The van der Waals surface area contributed by atoms with E-state index in [1.807, 2.05) is 117 Å². The zero-order chi connectivity index (χ0) is 40.2. The Kier molecular flexibility index (Phi) is 11.2. The fourth-order valence-electron chi connectivity index (χ4n) is 8.06. The molecule has 6 aromatic rings. The number of carbonyl (C=O) groups excluding carboxylic acids is 1. The molecule has 2 aliphatic rings. The average Bonchev–Trinajstić information content (AvgIpc) is 3.64. The third kappa shape index (κ3) is 7.75. The highest BCUT2D eigenvalue weighted by atomic mass is 32.2. The molecule has 0 radical (unpaired) electrons. The van der Waals surface area contributed by atoms with Crippen molar-refractivity contribution in [3.8, 4) is 17.2 Å². The standard InChI is InChI=1S/C47H47N5O5S/c1-4-52(5-2)58(54,55)37-23-25-42(50-26-28-51(29-27-50)43-20-11-12-21-44(43)56-3)41(32-37)49-47(53)45-38-18-9-10-19-40(38)48-46-34(22-24-39(45)46)30-33-14-13-17-36(31-33)57-35-15-7-6-8-16-35/h6-21,23,25,30-32H,4-5,22,24,26-29H2,1-3H3,(H,49,53)/b34-30+. The second-order valence-electron chi connectivity index (χ2n) is 14.4. The number of pyridine rings is 1. The first-order chi connectivity index (χ1) is 28.3. The van der Waals surface area contributed by atoms with E-state index in [1.54, 1.807) is 19.2 Å². The second-order valence-corrected chi connectivity index (χ2v) is 16.3. The van der Waals surface area contributed by atoms with Crippen LogP contribution in [0.2, 0.25) is 0 Å². The molecule has 58 heavy (non-hydrogen) atoms. The van der Waals surface area contributed by atoms with Crippen molar-refractivity contribution < 1.29 is 22.7 Å². The second kappa shape index (κ2) is 16.7. The largest absolute Gasteiger partial charge is 0.495 e. The molecule has 0 unspecified atom stereocenters. The molecule has 1 amide bonds. The minimum absolute atomic E-state index is 0.136. The minimum atomic E-state index is -3.81. The van der Waals surface area contributed by atoms with Crippen molar-refractivity contribution in [1.82, 2.24) is 9.29 Å². The van der Waals surface area contributed by atoms with E-state index in [0.717, 1.165) is 56.4 Å². The topological polar surface area (TPSA) is 104 Å². The predicted octanol–water partition coefficient (Wildman–Crippen LogP) is 9.13. The lowest BCUT2D eigenvalue weighted by Crippen LogP contribution is -2.47. The number of nitrogens with one attached hydrogen (secondary N) is 1. The summed E-state index contributed by atoms with van der Waals surface area (Å²) >= 11 is 0. The molecule has 10 nitrogen and oxygen atoms in total. The smallest absolute Gasteiger partial charge is 0.256 e.